The molecule has 4 nitrogen and oxygen atoms in total. The number of hydrogen-bond donors (Lipinski definition) is 2. The van der Waals surface area contributed by atoms with Crippen molar-refractivity contribution in [3.63, 3.8) is 0 Å². The second kappa shape index (κ2) is 9.52. The highest BCUT2D eigenvalue weighted by Gasteiger charge is 2.13. The number of benzene rings is 3. The highest BCUT2D eigenvalue weighted by molar-refractivity contribution is 5.92. The van der Waals surface area contributed by atoms with Crippen LogP contribution in [0.1, 0.15) is 22.4 Å². The molecule has 0 bridgehead atoms. The summed E-state index contributed by atoms with van der Waals surface area (Å²) in [6.45, 7) is 4.37. The number of nitrogens with one attached hydrogen (secondary N) is 2. The summed E-state index contributed by atoms with van der Waals surface area (Å²) in [5.74, 6) is 1.08. The number of ether oxygens (including phenoxy) is 1. The monoisotopic (exact) mass is 428 g/mol. The van der Waals surface area contributed by atoms with E-state index in [4.69, 9.17) is 4.74 Å². The Hall–Kier alpha value is -3.86. The summed E-state index contributed by atoms with van der Waals surface area (Å²) in [5, 5.41) is 3.81. The zero-order valence-corrected chi connectivity index (χ0v) is 18.1. The second-order valence-corrected chi connectivity index (χ2v) is 7.70. The Labute approximate surface area is 186 Å². The Morgan fingerprint density at radius 1 is 1.00 bits per heavy atom. The summed E-state index contributed by atoms with van der Waals surface area (Å²) in [5.41, 5.74) is 4.42. The lowest BCUT2D eigenvalue weighted by Gasteiger charge is -2.06. The molecule has 1 aromatic heterocycles. The lowest BCUT2D eigenvalue weighted by Crippen LogP contribution is -2.23. The van der Waals surface area contributed by atoms with E-state index in [2.05, 4.69) is 10.3 Å². The van der Waals surface area contributed by atoms with Gasteiger partial charge in [-0.2, -0.15) is 0 Å². The van der Waals surface area contributed by atoms with Gasteiger partial charge < -0.3 is 15.0 Å². The van der Waals surface area contributed by atoms with Gasteiger partial charge >= 0.3 is 0 Å². The molecule has 4 rings (SSSR count). The summed E-state index contributed by atoms with van der Waals surface area (Å²) in [7, 11) is 0. The normalized spacial score (nSPS) is 11.2. The second-order valence-electron chi connectivity index (χ2n) is 7.70. The molecular weight excluding hydrogens is 403 g/mol. The number of fused-ring (bicyclic) bond motifs is 1. The Kier molecular flexibility index (Phi) is 6.36. The van der Waals surface area contributed by atoms with Gasteiger partial charge in [-0.15, -0.1) is 0 Å². The zero-order chi connectivity index (χ0) is 22.5. The van der Waals surface area contributed by atoms with Crippen molar-refractivity contribution in [3.8, 4) is 11.5 Å². The SMILES string of the molecule is Cc1[nH]c2c(F)ccc(C)c2c1CCNC(=O)/C=C/c1ccc(Oc2ccccc2)cc1. The van der Waals surface area contributed by atoms with Crippen LogP contribution >= 0.6 is 0 Å². The zero-order valence-electron chi connectivity index (χ0n) is 18.1. The van der Waals surface area contributed by atoms with Gasteiger partial charge in [0.05, 0.1) is 5.52 Å². The Morgan fingerprint density at radius 3 is 2.47 bits per heavy atom. The van der Waals surface area contributed by atoms with Gasteiger partial charge in [-0.05, 0) is 73.4 Å². The molecule has 4 aromatic rings. The van der Waals surface area contributed by atoms with Crippen LogP contribution in [-0.4, -0.2) is 17.4 Å². The van der Waals surface area contributed by atoms with Gasteiger partial charge in [0.1, 0.15) is 17.3 Å². The molecule has 1 amide bonds. The molecule has 162 valence electrons. The highest BCUT2D eigenvalue weighted by Crippen LogP contribution is 2.28. The van der Waals surface area contributed by atoms with Crippen LogP contribution in [0.4, 0.5) is 4.39 Å². The fraction of sp³-hybridized carbons (Fsp3) is 0.148. The molecule has 0 radical (unpaired) electrons. The summed E-state index contributed by atoms with van der Waals surface area (Å²) in [4.78, 5) is 15.4. The van der Waals surface area contributed by atoms with E-state index in [1.807, 2.05) is 68.4 Å². The predicted octanol–water partition coefficient (Wildman–Crippen LogP) is 6.09. The van der Waals surface area contributed by atoms with E-state index in [-0.39, 0.29) is 11.7 Å². The number of carbonyl (C=O) groups excluding carboxylic acids is 1. The summed E-state index contributed by atoms with van der Waals surface area (Å²) in [6, 6.07) is 20.4. The number of aromatic amines is 1. The number of aryl methyl sites for hydroxylation is 2. The van der Waals surface area contributed by atoms with Crippen LogP contribution in [0.2, 0.25) is 0 Å². The maximum absolute atomic E-state index is 14.1. The van der Waals surface area contributed by atoms with Crippen LogP contribution in [0.5, 0.6) is 11.5 Å². The van der Waals surface area contributed by atoms with E-state index < -0.39 is 0 Å². The topological polar surface area (TPSA) is 54.1 Å². The fourth-order valence-electron chi connectivity index (χ4n) is 3.77. The molecule has 1 heterocycles. The molecule has 3 aromatic carbocycles. The molecule has 0 aliphatic carbocycles. The first-order valence-electron chi connectivity index (χ1n) is 10.6. The van der Waals surface area contributed by atoms with E-state index >= 15 is 0 Å². The molecule has 0 spiro atoms. The highest BCUT2D eigenvalue weighted by atomic mass is 19.1. The van der Waals surface area contributed by atoms with Crippen LogP contribution in [0, 0.1) is 19.7 Å². The molecule has 5 heteroatoms. The van der Waals surface area contributed by atoms with Crippen molar-refractivity contribution in [3.05, 3.63) is 101 Å². The largest absolute Gasteiger partial charge is 0.457 e. The van der Waals surface area contributed by atoms with Crippen molar-refractivity contribution in [1.82, 2.24) is 10.3 Å². The minimum absolute atomic E-state index is 0.171. The molecule has 32 heavy (non-hydrogen) atoms. The molecule has 0 atom stereocenters. The third kappa shape index (κ3) is 4.89. The number of amides is 1. The van der Waals surface area contributed by atoms with Crippen molar-refractivity contribution >= 4 is 22.9 Å². The van der Waals surface area contributed by atoms with Gasteiger partial charge in [0.25, 0.3) is 0 Å². The van der Waals surface area contributed by atoms with E-state index in [0.717, 1.165) is 39.3 Å². The summed E-state index contributed by atoms with van der Waals surface area (Å²) in [6.07, 6.45) is 3.90. The van der Waals surface area contributed by atoms with Gasteiger partial charge in [0, 0.05) is 23.7 Å². The Morgan fingerprint density at radius 2 is 1.72 bits per heavy atom. The number of halogens is 1. The number of rotatable bonds is 7. The van der Waals surface area contributed by atoms with Crippen LogP contribution in [0.3, 0.4) is 0 Å². The van der Waals surface area contributed by atoms with E-state index in [1.165, 1.54) is 12.1 Å². The molecule has 0 aliphatic heterocycles. The van der Waals surface area contributed by atoms with Gasteiger partial charge in [-0.25, -0.2) is 4.39 Å². The molecule has 0 saturated heterocycles. The molecule has 2 N–H and O–H groups in total. The molecule has 0 aliphatic rings. The lowest BCUT2D eigenvalue weighted by molar-refractivity contribution is -0.116. The quantitative estimate of drug-likeness (QED) is 0.350. The predicted molar refractivity (Wildman–Crippen MR) is 126 cm³/mol. The van der Waals surface area contributed by atoms with Crippen LogP contribution in [0.15, 0.2) is 72.8 Å². The molecular formula is C27H25FN2O2. The average molecular weight is 429 g/mol. The minimum atomic E-state index is -0.257. The summed E-state index contributed by atoms with van der Waals surface area (Å²) < 4.78 is 19.9. The maximum Gasteiger partial charge on any atom is 0.244 e. The number of H-pyrrole nitrogens is 1. The number of aromatic nitrogens is 1. The van der Waals surface area contributed by atoms with Gasteiger partial charge in [0.15, 0.2) is 0 Å². The van der Waals surface area contributed by atoms with E-state index in [1.54, 1.807) is 12.1 Å². The first kappa shape index (κ1) is 21.4. The van der Waals surface area contributed by atoms with Crippen molar-refractivity contribution in [2.45, 2.75) is 20.3 Å². The Balaban J connectivity index is 1.32. The first-order valence-corrected chi connectivity index (χ1v) is 10.6. The smallest absolute Gasteiger partial charge is 0.244 e. The molecule has 0 saturated carbocycles. The van der Waals surface area contributed by atoms with Crippen molar-refractivity contribution in [2.75, 3.05) is 6.54 Å². The first-order chi connectivity index (χ1) is 15.5. The van der Waals surface area contributed by atoms with E-state index in [0.29, 0.717) is 18.5 Å². The summed E-state index contributed by atoms with van der Waals surface area (Å²) >= 11 is 0. The lowest BCUT2D eigenvalue weighted by atomic mass is 10.0. The third-order valence-electron chi connectivity index (χ3n) is 5.39. The molecule has 0 fully saturated rings. The van der Waals surface area contributed by atoms with Gasteiger partial charge in [-0.1, -0.05) is 36.4 Å². The maximum atomic E-state index is 14.1. The van der Waals surface area contributed by atoms with Crippen LogP contribution in [0.25, 0.3) is 17.0 Å². The van der Waals surface area contributed by atoms with Gasteiger partial charge in [0.2, 0.25) is 5.91 Å². The molecule has 0 unspecified atom stereocenters. The van der Waals surface area contributed by atoms with Crippen molar-refractivity contribution in [1.29, 1.82) is 0 Å². The number of hydrogen-bond acceptors (Lipinski definition) is 2. The standard InChI is InChI=1S/C27H25FN2O2/c1-18-8-14-24(28)27-26(18)23(19(2)30-27)16-17-29-25(31)15-11-20-9-12-22(13-10-20)32-21-6-4-3-5-7-21/h3-15,30H,16-17H2,1-2H3,(H,29,31)/b15-11+. The fourth-order valence-corrected chi connectivity index (χ4v) is 3.77. The van der Waals surface area contributed by atoms with Gasteiger partial charge in [-0.3, -0.25) is 4.79 Å². The minimum Gasteiger partial charge on any atom is -0.457 e. The van der Waals surface area contributed by atoms with Crippen molar-refractivity contribution in [2.24, 2.45) is 0 Å². The van der Waals surface area contributed by atoms with E-state index in [9.17, 15) is 9.18 Å². The van der Waals surface area contributed by atoms with Crippen LogP contribution < -0.4 is 10.1 Å². The third-order valence-corrected chi connectivity index (χ3v) is 5.39. The van der Waals surface area contributed by atoms with Crippen LogP contribution in [-0.2, 0) is 11.2 Å². The van der Waals surface area contributed by atoms with Crippen molar-refractivity contribution < 1.29 is 13.9 Å². The average Bonchev–Trinajstić information content (AvgIpc) is 3.14. The number of para-hydroxylation sites is 1. The Bertz CT molecular complexity index is 1260. The number of carbonyl (C=O) groups is 1.